The van der Waals surface area contributed by atoms with E-state index in [-0.39, 0.29) is 16.4 Å². The largest absolute Gasteiger partial charge is 0.496 e. The maximum atomic E-state index is 13.0. The summed E-state index contributed by atoms with van der Waals surface area (Å²) in [4.78, 5) is 13.1. The third-order valence-corrected chi connectivity index (χ3v) is 6.95. The second kappa shape index (κ2) is 8.55. The molecule has 1 fully saturated rings. The topological polar surface area (TPSA) is 75.7 Å². The third kappa shape index (κ3) is 4.97. The number of rotatable bonds is 7. The van der Waals surface area contributed by atoms with Crippen molar-refractivity contribution in [3.8, 4) is 5.75 Å². The summed E-state index contributed by atoms with van der Waals surface area (Å²) in [5.41, 5.74) is 0.803. The predicted molar refractivity (Wildman–Crippen MR) is 113 cm³/mol. The van der Waals surface area contributed by atoms with E-state index in [9.17, 15) is 13.2 Å². The van der Waals surface area contributed by atoms with E-state index >= 15 is 0 Å². The molecule has 7 heteroatoms. The highest BCUT2D eigenvalue weighted by Gasteiger charge is 2.29. The first-order valence-corrected chi connectivity index (χ1v) is 11.2. The monoisotopic (exact) mass is 416 g/mol. The molecular formula is C22H28N2O4S. The van der Waals surface area contributed by atoms with Gasteiger partial charge in [0.05, 0.1) is 17.6 Å². The van der Waals surface area contributed by atoms with E-state index in [1.54, 1.807) is 6.07 Å². The number of hydrogen-bond acceptors (Lipinski definition) is 4. The molecule has 29 heavy (non-hydrogen) atoms. The standard InChI is InChI=1S/C22H28N2O4S/c1-22(2,16-17-9-5-4-6-10-17)23-21(25)19-15-18(11-12-20(19)28-3)29(26,27)24-13-7-8-14-24/h4-6,9-12,15H,7-8,13-14,16H2,1-3H3,(H,23,25). The van der Waals surface area contributed by atoms with Gasteiger partial charge < -0.3 is 10.1 Å². The van der Waals surface area contributed by atoms with Crippen molar-refractivity contribution in [1.29, 1.82) is 0 Å². The molecule has 0 bridgehead atoms. The van der Waals surface area contributed by atoms with Crippen LogP contribution in [0.1, 0.15) is 42.6 Å². The van der Waals surface area contributed by atoms with Gasteiger partial charge in [-0.2, -0.15) is 4.31 Å². The Hall–Kier alpha value is -2.38. The molecule has 1 N–H and O–H groups in total. The van der Waals surface area contributed by atoms with Gasteiger partial charge in [-0.15, -0.1) is 0 Å². The average Bonchev–Trinajstić information content (AvgIpc) is 3.23. The molecule has 0 saturated carbocycles. The fourth-order valence-corrected chi connectivity index (χ4v) is 5.17. The smallest absolute Gasteiger partial charge is 0.255 e. The predicted octanol–water partition coefficient (Wildman–Crippen LogP) is 3.23. The minimum Gasteiger partial charge on any atom is -0.496 e. The first-order valence-electron chi connectivity index (χ1n) is 9.77. The van der Waals surface area contributed by atoms with E-state index in [0.717, 1.165) is 18.4 Å². The van der Waals surface area contributed by atoms with E-state index in [0.29, 0.717) is 25.3 Å². The van der Waals surface area contributed by atoms with Crippen molar-refractivity contribution in [2.75, 3.05) is 20.2 Å². The average molecular weight is 417 g/mol. The normalized spacial score (nSPS) is 15.3. The molecular weight excluding hydrogens is 388 g/mol. The number of carbonyl (C=O) groups is 1. The maximum absolute atomic E-state index is 13.0. The number of benzene rings is 2. The highest BCUT2D eigenvalue weighted by atomic mass is 32.2. The fraction of sp³-hybridized carbons (Fsp3) is 0.409. The molecule has 2 aromatic carbocycles. The molecule has 0 aromatic heterocycles. The van der Waals surface area contributed by atoms with E-state index in [4.69, 9.17) is 4.74 Å². The fourth-order valence-electron chi connectivity index (χ4n) is 3.63. The maximum Gasteiger partial charge on any atom is 0.255 e. The molecule has 0 unspecified atom stereocenters. The van der Waals surface area contributed by atoms with Crippen LogP contribution in [-0.4, -0.2) is 44.4 Å². The molecule has 1 heterocycles. The number of ether oxygens (including phenoxy) is 1. The van der Waals surface area contributed by atoms with Crippen LogP contribution in [0.15, 0.2) is 53.4 Å². The van der Waals surface area contributed by atoms with E-state index < -0.39 is 15.6 Å². The van der Waals surface area contributed by atoms with Crippen molar-refractivity contribution in [2.45, 2.75) is 43.5 Å². The summed E-state index contributed by atoms with van der Waals surface area (Å²) < 4.78 is 32.6. The molecule has 3 rings (SSSR count). The molecule has 1 aliphatic rings. The van der Waals surface area contributed by atoms with E-state index in [2.05, 4.69) is 5.32 Å². The lowest BCUT2D eigenvalue weighted by atomic mass is 9.94. The highest BCUT2D eigenvalue weighted by molar-refractivity contribution is 7.89. The Morgan fingerprint density at radius 2 is 1.76 bits per heavy atom. The van der Waals surface area contributed by atoms with Crippen molar-refractivity contribution < 1.29 is 17.9 Å². The van der Waals surface area contributed by atoms with Crippen LogP contribution < -0.4 is 10.1 Å². The molecule has 2 aromatic rings. The Labute approximate surface area is 172 Å². The summed E-state index contributed by atoms with van der Waals surface area (Å²) in [7, 11) is -2.15. The summed E-state index contributed by atoms with van der Waals surface area (Å²) >= 11 is 0. The Balaban J connectivity index is 1.85. The lowest BCUT2D eigenvalue weighted by molar-refractivity contribution is 0.0909. The summed E-state index contributed by atoms with van der Waals surface area (Å²) in [6.45, 7) is 4.91. The van der Waals surface area contributed by atoms with Gasteiger partial charge >= 0.3 is 0 Å². The van der Waals surface area contributed by atoms with Crippen LogP contribution in [0.4, 0.5) is 0 Å². The molecule has 156 valence electrons. The lowest BCUT2D eigenvalue weighted by Gasteiger charge is -2.27. The zero-order valence-corrected chi connectivity index (χ0v) is 18.0. The van der Waals surface area contributed by atoms with Gasteiger partial charge in [0.15, 0.2) is 0 Å². The van der Waals surface area contributed by atoms with Gasteiger partial charge in [-0.05, 0) is 56.9 Å². The number of sulfonamides is 1. The van der Waals surface area contributed by atoms with Gasteiger partial charge in [-0.25, -0.2) is 8.42 Å². The van der Waals surface area contributed by atoms with Gasteiger partial charge in [0.2, 0.25) is 10.0 Å². The second-order valence-corrected chi connectivity index (χ2v) is 9.91. The zero-order valence-electron chi connectivity index (χ0n) is 17.1. The number of nitrogens with one attached hydrogen (secondary N) is 1. The Bertz CT molecular complexity index is 966. The van der Waals surface area contributed by atoms with Crippen LogP contribution in [0.3, 0.4) is 0 Å². The van der Waals surface area contributed by atoms with Crippen molar-refractivity contribution in [3.05, 3.63) is 59.7 Å². The molecule has 0 aliphatic carbocycles. The second-order valence-electron chi connectivity index (χ2n) is 7.97. The Morgan fingerprint density at radius 3 is 2.38 bits per heavy atom. The van der Waals surface area contributed by atoms with Crippen LogP contribution in [-0.2, 0) is 16.4 Å². The number of carbonyl (C=O) groups excluding carboxylic acids is 1. The molecule has 1 amide bonds. The van der Waals surface area contributed by atoms with Crippen LogP contribution in [0.2, 0.25) is 0 Å². The number of nitrogens with zero attached hydrogens (tertiary/aromatic N) is 1. The van der Waals surface area contributed by atoms with Crippen molar-refractivity contribution in [3.63, 3.8) is 0 Å². The zero-order chi connectivity index (χ0) is 21.1. The van der Waals surface area contributed by atoms with Gasteiger partial charge in [-0.1, -0.05) is 30.3 Å². The lowest BCUT2D eigenvalue weighted by Crippen LogP contribution is -2.45. The van der Waals surface area contributed by atoms with Crippen molar-refractivity contribution >= 4 is 15.9 Å². The number of methoxy groups -OCH3 is 1. The minimum absolute atomic E-state index is 0.117. The van der Waals surface area contributed by atoms with Gasteiger partial charge in [-0.3, -0.25) is 4.79 Å². The summed E-state index contributed by atoms with van der Waals surface area (Å²) in [5.74, 6) is -0.0142. The molecule has 0 radical (unpaired) electrons. The van der Waals surface area contributed by atoms with Crippen LogP contribution in [0, 0.1) is 0 Å². The quantitative estimate of drug-likeness (QED) is 0.752. The Morgan fingerprint density at radius 1 is 1.10 bits per heavy atom. The summed E-state index contributed by atoms with van der Waals surface area (Å²) in [6, 6.07) is 14.4. The number of hydrogen-bond donors (Lipinski definition) is 1. The summed E-state index contributed by atoms with van der Waals surface area (Å²) in [5, 5.41) is 3.02. The highest BCUT2D eigenvalue weighted by Crippen LogP contribution is 2.27. The van der Waals surface area contributed by atoms with E-state index in [1.165, 1.54) is 23.5 Å². The van der Waals surface area contributed by atoms with Gasteiger partial charge in [0.25, 0.3) is 5.91 Å². The first kappa shape index (κ1) is 21.3. The van der Waals surface area contributed by atoms with Crippen molar-refractivity contribution in [2.24, 2.45) is 0 Å². The molecule has 6 nitrogen and oxygen atoms in total. The molecule has 1 aliphatic heterocycles. The van der Waals surface area contributed by atoms with Crippen molar-refractivity contribution in [1.82, 2.24) is 9.62 Å². The first-order chi connectivity index (χ1) is 13.7. The van der Waals surface area contributed by atoms with Gasteiger partial charge in [0.1, 0.15) is 5.75 Å². The number of amides is 1. The molecule has 0 spiro atoms. The molecule has 0 atom stereocenters. The van der Waals surface area contributed by atoms with E-state index in [1.807, 2.05) is 44.2 Å². The SMILES string of the molecule is COc1ccc(S(=O)(=O)N2CCCC2)cc1C(=O)NC(C)(C)Cc1ccccc1. The van der Waals surface area contributed by atoms with Crippen LogP contribution in [0.25, 0.3) is 0 Å². The van der Waals surface area contributed by atoms with Crippen LogP contribution in [0.5, 0.6) is 5.75 Å². The Kier molecular flexibility index (Phi) is 6.29. The summed E-state index contributed by atoms with van der Waals surface area (Å²) in [6.07, 6.45) is 2.36. The minimum atomic E-state index is -3.61. The van der Waals surface area contributed by atoms with Gasteiger partial charge in [0, 0.05) is 18.6 Å². The molecule has 1 saturated heterocycles. The van der Waals surface area contributed by atoms with Crippen LogP contribution >= 0.6 is 0 Å². The third-order valence-electron chi connectivity index (χ3n) is 5.06.